The monoisotopic (exact) mass is 502 g/mol. The van der Waals surface area contributed by atoms with Crippen LogP contribution in [0.25, 0.3) is 0 Å². The number of hydrogen-bond acceptors (Lipinski definition) is 6. The molecule has 2 N–H and O–H groups in total. The number of halogens is 1. The summed E-state index contributed by atoms with van der Waals surface area (Å²) in [5.41, 5.74) is 1.74. The molecule has 0 aliphatic carbocycles. The Morgan fingerprint density at radius 1 is 1.13 bits per heavy atom. The second-order valence-electron chi connectivity index (χ2n) is 7.68. The summed E-state index contributed by atoms with van der Waals surface area (Å²) in [5, 5.41) is 12.8. The lowest BCUT2D eigenvalue weighted by Crippen LogP contribution is -2.45. The van der Waals surface area contributed by atoms with Crippen molar-refractivity contribution in [3.05, 3.63) is 88.4 Å². The number of benzene rings is 1. The molecule has 0 aliphatic rings. The Hall–Kier alpha value is -2.62. The van der Waals surface area contributed by atoms with Gasteiger partial charge in [0.15, 0.2) is 0 Å². The van der Waals surface area contributed by atoms with Crippen molar-refractivity contribution in [2.45, 2.75) is 37.1 Å². The topological polar surface area (TPSA) is 105 Å². The van der Waals surface area contributed by atoms with Gasteiger partial charge in [-0.2, -0.15) is 0 Å². The van der Waals surface area contributed by atoms with Crippen molar-refractivity contribution in [3.8, 4) is 0 Å². The van der Waals surface area contributed by atoms with E-state index in [-0.39, 0.29) is 4.90 Å². The van der Waals surface area contributed by atoms with Crippen LogP contribution in [-0.2, 0) is 22.9 Å². The van der Waals surface area contributed by atoms with Crippen LogP contribution in [-0.4, -0.2) is 34.8 Å². The third-order valence-corrected chi connectivity index (χ3v) is 6.95. The molecule has 3 rings (SSSR count). The van der Waals surface area contributed by atoms with Crippen LogP contribution >= 0.6 is 15.9 Å². The lowest BCUT2D eigenvalue weighted by molar-refractivity contribution is 0.318. The highest BCUT2D eigenvalue weighted by Crippen LogP contribution is 2.23. The fraction of sp³-hybridized carbons (Fsp3) is 0.227. The fourth-order valence-electron chi connectivity index (χ4n) is 3.13. The van der Waals surface area contributed by atoms with E-state index in [2.05, 4.69) is 35.8 Å². The van der Waals surface area contributed by atoms with Crippen LogP contribution in [0.15, 0.2) is 81.5 Å². The van der Waals surface area contributed by atoms with Gasteiger partial charge in [0, 0.05) is 46.5 Å². The van der Waals surface area contributed by atoms with E-state index < -0.39 is 15.6 Å². The number of sulfonamides is 1. The lowest BCUT2D eigenvalue weighted by atomic mass is 9.99. The predicted octanol–water partition coefficient (Wildman–Crippen LogP) is 3.96. The van der Waals surface area contributed by atoms with E-state index in [1.807, 2.05) is 32.0 Å². The van der Waals surface area contributed by atoms with E-state index in [1.165, 1.54) is 0 Å². The normalized spacial score (nSPS) is 12.7. The standard InChI is InChI=1S/C22H23BrN4O3S/c1-22(2,27-31(29,30)18-8-4-3-5-9-18)14-21-19(23)11-10-17(25-21)13-20(26-28)16-7-6-12-24-15-16/h3-12,15,27-28H,13-14H2,1-2H3/b26-20-. The Kier molecular flexibility index (Phi) is 7.19. The van der Waals surface area contributed by atoms with Crippen LogP contribution in [0.4, 0.5) is 0 Å². The van der Waals surface area contributed by atoms with Gasteiger partial charge < -0.3 is 5.21 Å². The van der Waals surface area contributed by atoms with Crippen LogP contribution in [0, 0.1) is 0 Å². The number of nitrogens with one attached hydrogen (secondary N) is 1. The van der Waals surface area contributed by atoms with Crippen molar-refractivity contribution in [1.82, 2.24) is 14.7 Å². The molecule has 0 fully saturated rings. The zero-order valence-electron chi connectivity index (χ0n) is 17.2. The Labute approximate surface area is 190 Å². The maximum absolute atomic E-state index is 12.7. The summed E-state index contributed by atoms with van der Waals surface area (Å²) in [6.07, 6.45) is 3.92. The van der Waals surface area contributed by atoms with Gasteiger partial charge in [0.1, 0.15) is 0 Å². The molecule has 0 saturated heterocycles. The SMILES string of the molecule is CC(C)(Cc1nc(C/C(=N/O)c2cccnc2)ccc1Br)NS(=O)(=O)c1ccccc1. The van der Waals surface area contributed by atoms with Crippen molar-refractivity contribution in [3.63, 3.8) is 0 Å². The lowest BCUT2D eigenvalue weighted by Gasteiger charge is -2.26. The summed E-state index contributed by atoms with van der Waals surface area (Å²) in [5.74, 6) is 0. The number of pyridine rings is 2. The summed E-state index contributed by atoms with van der Waals surface area (Å²) in [4.78, 5) is 8.94. The molecule has 0 bridgehead atoms. The Morgan fingerprint density at radius 2 is 1.87 bits per heavy atom. The number of hydrogen-bond donors (Lipinski definition) is 2. The molecule has 0 saturated carbocycles. The molecule has 0 aliphatic heterocycles. The van der Waals surface area contributed by atoms with Crippen LogP contribution in [0.1, 0.15) is 30.8 Å². The number of rotatable bonds is 8. The number of aromatic nitrogens is 2. The van der Waals surface area contributed by atoms with E-state index in [4.69, 9.17) is 0 Å². The molecule has 0 radical (unpaired) electrons. The van der Waals surface area contributed by atoms with Gasteiger partial charge in [-0.15, -0.1) is 0 Å². The van der Waals surface area contributed by atoms with Gasteiger partial charge in [0.05, 0.1) is 16.3 Å². The summed E-state index contributed by atoms with van der Waals surface area (Å²) in [6.45, 7) is 3.62. The predicted molar refractivity (Wildman–Crippen MR) is 123 cm³/mol. The molecule has 0 spiro atoms. The van der Waals surface area contributed by atoms with E-state index in [0.717, 1.165) is 4.47 Å². The fourth-order valence-corrected chi connectivity index (χ4v) is 4.92. The first-order valence-electron chi connectivity index (χ1n) is 9.55. The van der Waals surface area contributed by atoms with Gasteiger partial charge in [-0.3, -0.25) is 9.97 Å². The van der Waals surface area contributed by atoms with Gasteiger partial charge in [0.25, 0.3) is 0 Å². The second kappa shape index (κ2) is 9.67. The Bertz CT molecular complexity index is 1170. The van der Waals surface area contributed by atoms with Gasteiger partial charge in [-0.25, -0.2) is 13.1 Å². The number of oxime groups is 1. The Balaban J connectivity index is 1.80. The van der Waals surface area contributed by atoms with Gasteiger partial charge in [-0.1, -0.05) is 23.4 Å². The first kappa shape index (κ1) is 23.1. The highest BCUT2D eigenvalue weighted by Gasteiger charge is 2.28. The smallest absolute Gasteiger partial charge is 0.241 e. The van der Waals surface area contributed by atoms with E-state index in [9.17, 15) is 13.6 Å². The maximum atomic E-state index is 12.7. The minimum absolute atomic E-state index is 0.212. The summed E-state index contributed by atoms with van der Waals surface area (Å²) in [7, 11) is -3.67. The molecule has 0 amide bonds. The van der Waals surface area contributed by atoms with Gasteiger partial charge >= 0.3 is 0 Å². The first-order valence-corrected chi connectivity index (χ1v) is 11.8. The maximum Gasteiger partial charge on any atom is 0.241 e. The summed E-state index contributed by atoms with van der Waals surface area (Å²) >= 11 is 3.51. The van der Waals surface area contributed by atoms with Gasteiger partial charge in [-0.05, 0) is 66.2 Å². The molecule has 0 unspecified atom stereocenters. The van der Waals surface area contributed by atoms with Crippen LogP contribution < -0.4 is 4.72 Å². The molecule has 3 aromatic rings. The molecule has 7 nitrogen and oxygen atoms in total. The average molecular weight is 503 g/mol. The molecule has 2 heterocycles. The highest BCUT2D eigenvalue weighted by molar-refractivity contribution is 9.10. The van der Waals surface area contributed by atoms with Crippen molar-refractivity contribution in [2.75, 3.05) is 0 Å². The van der Waals surface area contributed by atoms with Crippen LogP contribution in [0.2, 0.25) is 0 Å². The largest absolute Gasteiger partial charge is 0.411 e. The van der Waals surface area contributed by atoms with Crippen molar-refractivity contribution in [1.29, 1.82) is 0 Å². The van der Waals surface area contributed by atoms with Crippen molar-refractivity contribution in [2.24, 2.45) is 5.16 Å². The summed E-state index contributed by atoms with van der Waals surface area (Å²) < 4.78 is 29.0. The van der Waals surface area contributed by atoms with Crippen molar-refractivity contribution >= 4 is 31.7 Å². The minimum atomic E-state index is -3.67. The Morgan fingerprint density at radius 3 is 2.52 bits per heavy atom. The second-order valence-corrected chi connectivity index (χ2v) is 10.2. The molecular formula is C22H23BrN4O3S. The van der Waals surface area contributed by atoms with Gasteiger partial charge in [0.2, 0.25) is 10.0 Å². The minimum Gasteiger partial charge on any atom is -0.411 e. The van der Waals surface area contributed by atoms with Crippen LogP contribution in [0.3, 0.4) is 0 Å². The average Bonchev–Trinajstić information content (AvgIpc) is 2.74. The van der Waals surface area contributed by atoms with E-state index in [0.29, 0.717) is 35.5 Å². The molecule has 162 valence electrons. The quantitative estimate of drug-likeness (QED) is 0.275. The summed E-state index contributed by atoms with van der Waals surface area (Å²) in [6, 6.07) is 15.5. The third-order valence-electron chi connectivity index (χ3n) is 4.51. The zero-order valence-corrected chi connectivity index (χ0v) is 19.6. The molecule has 31 heavy (non-hydrogen) atoms. The van der Waals surface area contributed by atoms with Crippen molar-refractivity contribution < 1.29 is 13.6 Å². The first-order chi connectivity index (χ1) is 14.7. The third kappa shape index (κ3) is 6.19. The molecular weight excluding hydrogens is 480 g/mol. The van der Waals surface area contributed by atoms with E-state index in [1.54, 1.807) is 48.8 Å². The number of nitrogens with zero attached hydrogens (tertiary/aromatic N) is 3. The molecule has 2 aromatic heterocycles. The molecule has 9 heteroatoms. The van der Waals surface area contributed by atoms with Crippen LogP contribution in [0.5, 0.6) is 0 Å². The highest BCUT2D eigenvalue weighted by atomic mass is 79.9. The molecule has 1 aromatic carbocycles. The molecule has 0 atom stereocenters. The van der Waals surface area contributed by atoms with E-state index >= 15 is 0 Å². The zero-order chi connectivity index (χ0) is 22.5.